The van der Waals surface area contributed by atoms with Gasteiger partial charge in [0.25, 0.3) is 11.8 Å². The molecule has 29 heavy (non-hydrogen) atoms. The normalized spacial score (nSPS) is 18.9. The lowest BCUT2D eigenvalue weighted by molar-refractivity contribution is -0.126. The van der Waals surface area contributed by atoms with E-state index in [0.717, 1.165) is 19.3 Å². The lowest BCUT2D eigenvalue weighted by Gasteiger charge is -2.29. The fourth-order valence-corrected chi connectivity index (χ4v) is 4.15. The molecule has 0 spiro atoms. The standard InChI is InChI=1S/C22H27N3O3S/c1-14(2)23-21(27)16-5-3-6-18(13-16)25-20(26)15-8-10-17(11-9-15)24-22(28)19-7-4-12-29-19/h4,7-12,14,16,18H,3,5-6,13H2,1-2H3,(H,23,27)(H,24,28)(H,25,26). The Labute approximate surface area is 175 Å². The number of amides is 3. The van der Waals surface area contributed by atoms with Crippen molar-refractivity contribution in [2.45, 2.75) is 51.6 Å². The molecular formula is C22H27N3O3S. The number of hydrogen-bond acceptors (Lipinski definition) is 4. The van der Waals surface area contributed by atoms with E-state index < -0.39 is 0 Å². The molecule has 1 heterocycles. The van der Waals surface area contributed by atoms with Crippen LogP contribution in [0, 0.1) is 5.92 Å². The summed E-state index contributed by atoms with van der Waals surface area (Å²) in [5.74, 6) is -0.294. The molecule has 1 aliphatic rings. The van der Waals surface area contributed by atoms with Crippen molar-refractivity contribution < 1.29 is 14.4 Å². The minimum Gasteiger partial charge on any atom is -0.354 e. The molecule has 1 aromatic carbocycles. The van der Waals surface area contributed by atoms with Crippen molar-refractivity contribution in [2.24, 2.45) is 5.92 Å². The first kappa shape index (κ1) is 21.0. The lowest BCUT2D eigenvalue weighted by Crippen LogP contribution is -2.43. The van der Waals surface area contributed by atoms with Gasteiger partial charge in [0.2, 0.25) is 5.91 Å². The molecule has 3 N–H and O–H groups in total. The highest BCUT2D eigenvalue weighted by Crippen LogP contribution is 2.25. The zero-order valence-corrected chi connectivity index (χ0v) is 17.6. The van der Waals surface area contributed by atoms with Gasteiger partial charge < -0.3 is 16.0 Å². The van der Waals surface area contributed by atoms with Gasteiger partial charge in [-0.2, -0.15) is 0 Å². The average molecular weight is 414 g/mol. The number of thiophene rings is 1. The number of carbonyl (C=O) groups is 3. The minimum atomic E-state index is -0.162. The summed E-state index contributed by atoms with van der Waals surface area (Å²) in [4.78, 5) is 37.6. The van der Waals surface area contributed by atoms with Gasteiger partial charge in [-0.25, -0.2) is 0 Å². The van der Waals surface area contributed by atoms with Gasteiger partial charge in [0.05, 0.1) is 4.88 Å². The monoisotopic (exact) mass is 413 g/mol. The van der Waals surface area contributed by atoms with E-state index in [1.807, 2.05) is 25.3 Å². The molecule has 7 heteroatoms. The summed E-state index contributed by atoms with van der Waals surface area (Å²) in [7, 11) is 0. The van der Waals surface area contributed by atoms with Crippen molar-refractivity contribution in [1.82, 2.24) is 10.6 Å². The highest BCUT2D eigenvalue weighted by molar-refractivity contribution is 7.12. The molecule has 3 rings (SSSR count). The van der Waals surface area contributed by atoms with Crippen LogP contribution in [0.2, 0.25) is 0 Å². The third kappa shape index (κ3) is 5.90. The molecule has 1 aromatic heterocycles. The van der Waals surface area contributed by atoms with Crippen LogP contribution in [-0.2, 0) is 4.79 Å². The molecule has 0 radical (unpaired) electrons. The van der Waals surface area contributed by atoms with Crippen LogP contribution in [0.15, 0.2) is 41.8 Å². The molecule has 154 valence electrons. The maximum atomic E-state index is 12.6. The van der Waals surface area contributed by atoms with E-state index in [-0.39, 0.29) is 35.7 Å². The molecule has 1 aliphatic carbocycles. The second-order valence-corrected chi connectivity index (χ2v) is 8.65. The predicted molar refractivity (Wildman–Crippen MR) is 115 cm³/mol. The first-order chi connectivity index (χ1) is 13.9. The largest absolute Gasteiger partial charge is 0.354 e. The molecule has 2 aromatic rings. The van der Waals surface area contributed by atoms with E-state index in [2.05, 4.69) is 16.0 Å². The maximum absolute atomic E-state index is 12.6. The Morgan fingerprint density at radius 2 is 1.79 bits per heavy atom. The Balaban J connectivity index is 1.53. The summed E-state index contributed by atoms with van der Waals surface area (Å²) < 4.78 is 0. The Kier molecular flexibility index (Phi) is 7.04. The van der Waals surface area contributed by atoms with Crippen molar-refractivity contribution in [2.75, 3.05) is 5.32 Å². The van der Waals surface area contributed by atoms with E-state index in [1.165, 1.54) is 11.3 Å². The van der Waals surface area contributed by atoms with Gasteiger partial charge >= 0.3 is 0 Å². The Bertz CT molecular complexity index is 847. The fraction of sp³-hybridized carbons (Fsp3) is 0.409. The molecule has 0 aliphatic heterocycles. The van der Waals surface area contributed by atoms with Crippen LogP contribution in [0.5, 0.6) is 0 Å². The molecule has 1 fully saturated rings. The average Bonchev–Trinajstić information content (AvgIpc) is 3.23. The highest BCUT2D eigenvalue weighted by atomic mass is 32.1. The third-order valence-electron chi connectivity index (χ3n) is 4.96. The van der Waals surface area contributed by atoms with Crippen molar-refractivity contribution >= 4 is 34.7 Å². The van der Waals surface area contributed by atoms with Crippen LogP contribution in [0.3, 0.4) is 0 Å². The molecule has 2 unspecified atom stereocenters. The van der Waals surface area contributed by atoms with Crippen molar-refractivity contribution in [1.29, 1.82) is 0 Å². The molecule has 3 amide bonds. The van der Waals surface area contributed by atoms with Crippen molar-refractivity contribution in [3.05, 3.63) is 52.2 Å². The van der Waals surface area contributed by atoms with Gasteiger partial charge in [0.15, 0.2) is 0 Å². The zero-order chi connectivity index (χ0) is 20.8. The van der Waals surface area contributed by atoms with Gasteiger partial charge in [-0.15, -0.1) is 11.3 Å². The quantitative estimate of drug-likeness (QED) is 0.673. The smallest absolute Gasteiger partial charge is 0.265 e. The van der Waals surface area contributed by atoms with E-state index in [0.29, 0.717) is 22.5 Å². The summed E-state index contributed by atoms with van der Waals surface area (Å²) >= 11 is 1.38. The van der Waals surface area contributed by atoms with E-state index in [9.17, 15) is 14.4 Å². The maximum Gasteiger partial charge on any atom is 0.265 e. The molecule has 2 atom stereocenters. The van der Waals surface area contributed by atoms with Crippen LogP contribution in [0.4, 0.5) is 5.69 Å². The summed E-state index contributed by atoms with van der Waals surface area (Å²) in [6.07, 6.45) is 3.34. The predicted octanol–water partition coefficient (Wildman–Crippen LogP) is 3.81. The van der Waals surface area contributed by atoms with Crippen molar-refractivity contribution in [3.63, 3.8) is 0 Å². The van der Waals surface area contributed by atoms with Gasteiger partial charge in [-0.05, 0) is 68.8 Å². The van der Waals surface area contributed by atoms with Gasteiger partial charge in [-0.1, -0.05) is 12.5 Å². The Hall–Kier alpha value is -2.67. The first-order valence-electron chi connectivity index (χ1n) is 9.98. The number of rotatable bonds is 6. The van der Waals surface area contributed by atoms with E-state index in [1.54, 1.807) is 30.3 Å². The number of hydrogen-bond donors (Lipinski definition) is 3. The Morgan fingerprint density at radius 3 is 2.45 bits per heavy atom. The second kappa shape index (κ2) is 9.69. The minimum absolute atomic E-state index is 0.00244. The Morgan fingerprint density at radius 1 is 1.03 bits per heavy atom. The number of anilines is 1. The van der Waals surface area contributed by atoms with Crippen LogP contribution in [0.25, 0.3) is 0 Å². The molecular weight excluding hydrogens is 386 g/mol. The first-order valence-corrected chi connectivity index (χ1v) is 10.9. The molecule has 1 saturated carbocycles. The zero-order valence-electron chi connectivity index (χ0n) is 16.7. The summed E-state index contributed by atoms with van der Waals surface area (Å²) in [6, 6.07) is 10.6. The SMILES string of the molecule is CC(C)NC(=O)C1CCCC(NC(=O)c2ccc(NC(=O)c3cccs3)cc2)C1. The van der Waals surface area contributed by atoms with Crippen molar-refractivity contribution in [3.8, 4) is 0 Å². The van der Waals surface area contributed by atoms with E-state index in [4.69, 9.17) is 0 Å². The highest BCUT2D eigenvalue weighted by Gasteiger charge is 2.28. The van der Waals surface area contributed by atoms with Crippen LogP contribution >= 0.6 is 11.3 Å². The van der Waals surface area contributed by atoms with Gasteiger partial charge in [0.1, 0.15) is 0 Å². The lowest BCUT2D eigenvalue weighted by atomic mass is 9.85. The molecule has 0 bridgehead atoms. The third-order valence-corrected chi connectivity index (χ3v) is 5.83. The molecule has 0 saturated heterocycles. The fourth-order valence-electron chi connectivity index (χ4n) is 3.54. The van der Waals surface area contributed by atoms with E-state index >= 15 is 0 Å². The topological polar surface area (TPSA) is 87.3 Å². The van der Waals surface area contributed by atoms with Gasteiger partial charge in [0, 0.05) is 29.3 Å². The van der Waals surface area contributed by atoms with Crippen LogP contribution < -0.4 is 16.0 Å². The van der Waals surface area contributed by atoms with Crippen LogP contribution in [-0.4, -0.2) is 29.8 Å². The summed E-state index contributed by atoms with van der Waals surface area (Å²) in [5, 5.41) is 10.7. The number of nitrogens with one attached hydrogen (secondary N) is 3. The number of benzene rings is 1. The molecule has 6 nitrogen and oxygen atoms in total. The van der Waals surface area contributed by atoms with Crippen LogP contribution in [0.1, 0.15) is 59.6 Å². The second-order valence-electron chi connectivity index (χ2n) is 7.71. The number of carbonyl (C=O) groups excluding carboxylic acids is 3. The summed E-state index contributed by atoms with van der Waals surface area (Å²) in [5.41, 5.74) is 1.18. The summed E-state index contributed by atoms with van der Waals surface area (Å²) in [6.45, 7) is 3.90. The van der Waals surface area contributed by atoms with Gasteiger partial charge in [-0.3, -0.25) is 14.4 Å².